The van der Waals surface area contributed by atoms with E-state index in [2.05, 4.69) is 74.9 Å². The highest BCUT2D eigenvalue weighted by molar-refractivity contribution is 7.97. The van der Waals surface area contributed by atoms with Gasteiger partial charge in [-0.05, 0) is 95.3 Å². The van der Waals surface area contributed by atoms with Crippen molar-refractivity contribution >= 4 is 46.3 Å². The van der Waals surface area contributed by atoms with Gasteiger partial charge < -0.3 is 9.80 Å². The topological polar surface area (TPSA) is 40.6 Å². The van der Waals surface area contributed by atoms with Crippen LogP contribution in [0.3, 0.4) is 0 Å². The van der Waals surface area contributed by atoms with E-state index >= 15 is 0 Å². The van der Waals surface area contributed by atoms with Crippen molar-refractivity contribution in [1.82, 2.24) is 9.80 Å². The SMILES string of the molecule is CCN(CC)CCc1c(CCN(CC)CC)c2c3c(cccc3c1C(=O)S)-c1ccc(C(=O)S)cc1-2. The number of carbonyl (C=O) groups excluding carboxylic acids is 2. The number of rotatable bonds is 12. The standard InChI is InChI=1S/C30H36N2O2S2/c1-5-31(6-2)16-14-22-23(15-17-32(7-3)8-4)28(30(34)36)24-11-9-10-21-20-13-12-19(29(33)35)18-25(20)27(22)26(21)24/h9-13,18H,5-8,14-17H2,1-4H3,(H,33,35)(H,34,36). The lowest BCUT2D eigenvalue weighted by Gasteiger charge is -2.25. The molecule has 0 amide bonds. The Morgan fingerprint density at radius 3 is 1.89 bits per heavy atom. The third-order valence-corrected chi connectivity index (χ3v) is 8.22. The van der Waals surface area contributed by atoms with Crippen LogP contribution in [0.4, 0.5) is 0 Å². The first-order valence-corrected chi connectivity index (χ1v) is 13.9. The van der Waals surface area contributed by atoms with Crippen LogP contribution in [0.25, 0.3) is 33.0 Å². The second-order valence-electron chi connectivity index (χ2n) is 9.36. The first kappa shape index (κ1) is 26.9. The highest BCUT2D eigenvalue weighted by Crippen LogP contribution is 2.51. The number of hydrogen-bond acceptors (Lipinski definition) is 4. The Hall–Kier alpha value is -2.12. The van der Waals surface area contributed by atoms with Gasteiger partial charge in [-0.15, -0.1) is 25.3 Å². The first-order chi connectivity index (χ1) is 17.4. The number of hydrogen-bond donors (Lipinski definition) is 2. The molecule has 0 aliphatic heterocycles. The fourth-order valence-electron chi connectivity index (χ4n) is 5.70. The van der Waals surface area contributed by atoms with Crippen LogP contribution in [0.15, 0.2) is 36.4 Å². The summed E-state index contributed by atoms with van der Waals surface area (Å²) >= 11 is 8.50. The van der Waals surface area contributed by atoms with Crippen LogP contribution in [-0.2, 0) is 12.8 Å². The van der Waals surface area contributed by atoms with Gasteiger partial charge in [0.2, 0.25) is 10.2 Å². The lowest BCUT2D eigenvalue weighted by Crippen LogP contribution is -2.28. The Bertz CT molecular complexity index is 1310. The van der Waals surface area contributed by atoms with Crippen molar-refractivity contribution in [1.29, 1.82) is 0 Å². The molecule has 4 nitrogen and oxygen atoms in total. The molecule has 6 heteroatoms. The summed E-state index contributed by atoms with van der Waals surface area (Å²) in [4.78, 5) is 30.1. The Balaban J connectivity index is 2.04. The fourth-order valence-corrected chi connectivity index (χ4v) is 6.10. The molecule has 0 heterocycles. The number of nitrogens with zero attached hydrogens (tertiary/aromatic N) is 2. The molecule has 3 aromatic carbocycles. The van der Waals surface area contributed by atoms with Crippen molar-refractivity contribution < 1.29 is 9.59 Å². The van der Waals surface area contributed by atoms with Crippen LogP contribution >= 0.6 is 25.3 Å². The average molecular weight is 521 g/mol. The number of fused-ring (bicyclic) bond motifs is 3. The van der Waals surface area contributed by atoms with Crippen molar-refractivity contribution in [2.75, 3.05) is 39.3 Å². The second kappa shape index (κ2) is 11.5. The van der Waals surface area contributed by atoms with Crippen LogP contribution < -0.4 is 0 Å². The summed E-state index contributed by atoms with van der Waals surface area (Å²) in [7, 11) is 0. The normalized spacial score (nSPS) is 12.1. The number of likely N-dealkylation sites (N-methyl/N-ethyl adjacent to an activating group) is 2. The van der Waals surface area contributed by atoms with E-state index < -0.39 is 0 Å². The van der Waals surface area contributed by atoms with Gasteiger partial charge in [0.1, 0.15) is 0 Å². The lowest BCUT2D eigenvalue weighted by molar-refractivity contribution is 0.108. The molecule has 1 aliphatic rings. The van der Waals surface area contributed by atoms with Crippen LogP contribution in [0, 0.1) is 0 Å². The third kappa shape index (κ3) is 4.89. The first-order valence-electron chi connectivity index (χ1n) is 13.0. The molecule has 3 aromatic rings. The Labute approximate surface area is 225 Å². The van der Waals surface area contributed by atoms with Crippen LogP contribution in [0.2, 0.25) is 0 Å². The van der Waals surface area contributed by atoms with E-state index in [1.165, 1.54) is 11.1 Å². The minimum atomic E-state index is -0.237. The monoisotopic (exact) mass is 520 g/mol. The van der Waals surface area contributed by atoms with E-state index in [-0.39, 0.29) is 10.2 Å². The lowest BCUT2D eigenvalue weighted by atomic mass is 9.85. The largest absolute Gasteiger partial charge is 0.304 e. The highest BCUT2D eigenvalue weighted by Gasteiger charge is 2.30. The minimum absolute atomic E-state index is 0.181. The van der Waals surface area contributed by atoms with Gasteiger partial charge in [0.15, 0.2) is 0 Å². The molecule has 0 atom stereocenters. The van der Waals surface area contributed by atoms with Crippen molar-refractivity contribution in [3.05, 3.63) is 58.7 Å². The molecule has 0 spiro atoms. The second-order valence-corrected chi connectivity index (χ2v) is 10.2. The van der Waals surface area contributed by atoms with Gasteiger partial charge in [0.25, 0.3) is 0 Å². The molecule has 0 aromatic heterocycles. The van der Waals surface area contributed by atoms with Crippen molar-refractivity contribution in [3.63, 3.8) is 0 Å². The Morgan fingerprint density at radius 2 is 1.33 bits per heavy atom. The zero-order valence-corrected chi connectivity index (χ0v) is 23.5. The van der Waals surface area contributed by atoms with Crippen LogP contribution in [0.1, 0.15) is 59.5 Å². The number of thiol groups is 2. The highest BCUT2D eigenvalue weighted by atomic mass is 32.1. The van der Waals surface area contributed by atoms with E-state index in [1.807, 2.05) is 24.3 Å². The maximum absolute atomic E-state index is 13.1. The molecule has 36 heavy (non-hydrogen) atoms. The molecule has 0 N–H and O–H groups in total. The Kier molecular flexibility index (Phi) is 8.61. The molecule has 4 rings (SSSR count). The third-order valence-electron chi connectivity index (χ3n) is 7.74. The summed E-state index contributed by atoms with van der Waals surface area (Å²) in [6.45, 7) is 14.4. The Morgan fingerprint density at radius 1 is 0.722 bits per heavy atom. The van der Waals surface area contributed by atoms with E-state index in [1.54, 1.807) is 0 Å². The maximum atomic E-state index is 13.1. The van der Waals surface area contributed by atoms with E-state index in [0.29, 0.717) is 5.56 Å². The molecule has 0 radical (unpaired) electrons. The van der Waals surface area contributed by atoms with E-state index in [4.69, 9.17) is 0 Å². The van der Waals surface area contributed by atoms with Crippen LogP contribution in [0.5, 0.6) is 0 Å². The summed E-state index contributed by atoms with van der Waals surface area (Å²) < 4.78 is 0. The predicted octanol–water partition coefficient (Wildman–Crippen LogP) is 6.40. The van der Waals surface area contributed by atoms with Gasteiger partial charge in [-0.3, -0.25) is 9.59 Å². The molecule has 0 bridgehead atoms. The summed E-state index contributed by atoms with van der Waals surface area (Å²) in [6, 6.07) is 12.1. The molecule has 0 saturated heterocycles. The zero-order chi connectivity index (χ0) is 26.0. The summed E-state index contributed by atoms with van der Waals surface area (Å²) in [5.41, 5.74) is 8.11. The predicted molar refractivity (Wildman–Crippen MR) is 158 cm³/mol. The molecule has 0 unspecified atom stereocenters. The van der Waals surface area contributed by atoms with Gasteiger partial charge in [-0.1, -0.05) is 52.0 Å². The van der Waals surface area contributed by atoms with Gasteiger partial charge in [0.05, 0.1) is 0 Å². The van der Waals surface area contributed by atoms with Crippen LogP contribution in [-0.4, -0.2) is 59.3 Å². The maximum Gasteiger partial charge on any atom is 0.217 e. The van der Waals surface area contributed by atoms with Gasteiger partial charge in [-0.25, -0.2) is 0 Å². The number of carbonyl (C=O) groups is 2. The number of benzene rings is 3. The van der Waals surface area contributed by atoms with Crippen molar-refractivity contribution in [2.24, 2.45) is 0 Å². The molecule has 0 fully saturated rings. The molecule has 190 valence electrons. The minimum Gasteiger partial charge on any atom is -0.304 e. The molecular formula is C30H36N2O2S2. The average Bonchev–Trinajstić information content (AvgIpc) is 3.21. The smallest absolute Gasteiger partial charge is 0.217 e. The van der Waals surface area contributed by atoms with Gasteiger partial charge in [0, 0.05) is 24.2 Å². The molecular weight excluding hydrogens is 484 g/mol. The summed E-state index contributed by atoms with van der Waals surface area (Å²) in [5.74, 6) is 0. The van der Waals surface area contributed by atoms with Crippen molar-refractivity contribution in [3.8, 4) is 22.3 Å². The van der Waals surface area contributed by atoms with Gasteiger partial charge >= 0.3 is 0 Å². The van der Waals surface area contributed by atoms with E-state index in [0.717, 1.165) is 90.7 Å². The molecule has 1 aliphatic carbocycles. The van der Waals surface area contributed by atoms with Crippen molar-refractivity contribution in [2.45, 2.75) is 40.5 Å². The quantitative estimate of drug-likeness (QED) is 0.212. The van der Waals surface area contributed by atoms with E-state index in [9.17, 15) is 9.59 Å². The summed E-state index contributed by atoms with van der Waals surface area (Å²) in [6.07, 6.45) is 1.62. The van der Waals surface area contributed by atoms with Gasteiger partial charge in [-0.2, -0.15) is 0 Å². The zero-order valence-electron chi connectivity index (χ0n) is 21.7. The fraction of sp³-hybridized carbons (Fsp3) is 0.400. The summed E-state index contributed by atoms with van der Waals surface area (Å²) in [5, 5.41) is 1.64. The molecule has 0 saturated carbocycles.